The van der Waals surface area contributed by atoms with Crippen LogP contribution in [0.25, 0.3) is 11.0 Å². The highest BCUT2D eigenvalue weighted by molar-refractivity contribution is 7.61. The van der Waals surface area contributed by atoms with Gasteiger partial charge in [-0.2, -0.15) is 4.31 Å². The van der Waals surface area contributed by atoms with Gasteiger partial charge in [0.2, 0.25) is 12.6 Å². The van der Waals surface area contributed by atoms with Crippen molar-refractivity contribution in [2.45, 2.75) is 99.1 Å². The molecular formula is C31H43N3O17P2. The van der Waals surface area contributed by atoms with Crippen LogP contribution in [0.1, 0.15) is 67.3 Å². The van der Waals surface area contributed by atoms with Gasteiger partial charge in [0.05, 0.1) is 24.0 Å². The molecule has 0 bridgehead atoms. The van der Waals surface area contributed by atoms with Crippen molar-refractivity contribution >= 4 is 38.6 Å². The molecule has 0 amide bonds. The first kappa shape index (κ1) is 42.2. The molecule has 1 aliphatic heterocycles. The van der Waals surface area contributed by atoms with Gasteiger partial charge in [-0.15, -0.1) is 0 Å². The van der Waals surface area contributed by atoms with Gasteiger partial charge in [-0.05, 0) is 67.5 Å². The highest BCUT2D eigenvalue weighted by Crippen LogP contribution is 2.64. The van der Waals surface area contributed by atoms with Gasteiger partial charge in [0.25, 0.3) is 5.56 Å². The van der Waals surface area contributed by atoms with Crippen LogP contribution >= 0.6 is 15.6 Å². The fourth-order valence-electron chi connectivity index (χ4n) is 4.61. The van der Waals surface area contributed by atoms with Crippen molar-refractivity contribution in [2.24, 2.45) is 10.8 Å². The van der Waals surface area contributed by atoms with E-state index >= 15 is 0 Å². The normalized spacial score (nSPS) is 22.8. The first-order valence-electron chi connectivity index (χ1n) is 16.2. The Kier molecular flexibility index (Phi) is 12.8. The number of carbonyl (C=O) groups excluding carboxylic acids is 2. The number of ether oxygens (including phenoxy) is 3. The number of aliphatic hydroxyl groups excluding tert-OH is 2. The lowest BCUT2D eigenvalue weighted by atomic mass is 9.97. The molecule has 0 saturated carbocycles. The van der Waals surface area contributed by atoms with Crippen LogP contribution in [-0.4, -0.2) is 78.8 Å². The number of aliphatic hydroxyl groups is 2. The third kappa shape index (κ3) is 10.6. The zero-order valence-corrected chi connectivity index (χ0v) is 31.9. The first-order chi connectivity index (χ1) is 24.4. The molecule has 53 heavy (non-hydrogen) atoms. The van der Waals surface area contributed by atoms with Gasteiger partial charge in [-0.3, -0.25) is 28.0 Å². The highest BCUT2D eigenvalue weighted by Gasteiger charge is 2.48. The van der Waals surface area contributed by atoms with E-state index in [-0.39, 0.29) is 12.2 Å². The number of nitrogens with zero attached hydrogens (tertiary/aromatic N) is 3. The molecule has 22 heteroatoms. The molecule has 0 aliphatic carbocycles. The van der Waals surface area contributed by atoms with Crippen LogP contribution in [0.4, 0.5) is 0 Å². The summed E-state index contributed by atoms with van der Waals surface area (Å²) in [6.07, 6.45) is -9.26. The summed E-state index contributed by atoms with van der Waals surface area (Å²) in [5, 5.41) is 26.0. The summed E-state index contributed by atoms with van der Waals surface area (Å²) in [4.78, 5) is 61.4. The Labute approximate surface area is 302 Å². The Bertz CT molecular complexity index is 1970. The number of hydrogen-bond donors (Lipinski definition) is 3. The van der Waals surface area contributed by atoms with E-state index < -0.39 is 93.4 Å². The summed E-state index contributed by atoms with van der Waals surface area (Å²) >= 11 is 0. The minimum Gasteiger partial charge on any atom is -0.435 e. The predicted molar refractivity (Wildman–Crippen MR) is 181 cm³/mol. The van der Waals surface area contributed by atoms with E-state index in [1.165, 1.54) is 41.5 Å². The molecule has 3 heterocycles. The number of para-hydroxylation sites is 1. The zero-order valence-electron chi connectivity index (χ0n) is 30.1. The largest absolute Gasteiger partial charge is 0.489 e. The van der Waals surface area contributed by atoms with E-state index in [0.717, 1.165) is 35.2 Å². The number of esters is 2. The summed E-state index contributed by atoms with van der Waals surface area (Å²) in [6.45, 7) is 10.0. The summed E-state index contributed by atoms with van der Waals surface area (Å²) in [5.74, 6) is -1.62. The van der Waals surface area contributed by atoms with Crippen LogP contribution in [0.15, 0.2) is 50.6 Å². The second-order valence-corrected chi connectivity index (χ2v) is 17.2. The Morgan fingerprint density at radius 2 is 1.49 bits per heavy atom. The monoisotopic (exact) mass is 791 g/mol. The molecule has 3 N–H and O–H groups in total. The SMILES string of the molecule is CC(OC(=O)C(C)(C)C)OP(=O)(OC(C)OC(=O)C(C)(C)C)OP(=O)(O)OC[C@H]1O[C@@H](n2ccc(=O)n(Cc3noc4ccccc34)c2=O)[C@@H](O)C1O. The second-order valence-electron chi connectivity index (χ2n) is 14.1. The Hall–Kier alpha value is -3.55. The van der Waals surface area contributed by atoms with Gasteiger partial charge in [-0.1, -0.05) is 17.3 Å². The average Bonchev–Trinajstić information content (AvgIpc) is 3.56. The number of rotatable bonds is 14. The van der Waals surface area contributed by atoms with Crippen LogP contribution in [-0.2, 0) is 57.4 Å². The number of hydrogen-bond acceptors (Lipinski definition) is 17. The smallest absolute Gasteiger partial charge is 0.435 e. The van der Waals surface area contributed by atoms with Crippen molar-refractivity contribution in [2.75, 3.05) is 6.61 Å². The van der Waals surface area contributed by atoms with E-state index in [1.54, 1.807) is 24.3 Å². The second kappa shape index (κ2) is 16.0. The molecule has 1 aromatic carbocycles. The zero-order chi connectivity index (χ0) is 39.7. The van der Waals surface area contributed by atoms with E-state index in [1.807, 2.05) is 0 Å². The van der Waals surface area contributed by atoms with Gasteiger partial charge in [0, 0.05) is 17.6 Å². The maximum Gasteiger partial charge on any atom is 0.489 e. The predicted octanol–water partition coefficient (Wildman–Crippen LogP) is 2.96. The lowest BCUT2D eigenvalue weighted by Crippen LogP contribution is -2.43. The molecule has 7 atom stereocenters. The van der Waals surface area contributed by atoms with Crippen molar-refractivity contribution in [3.05, 3.63) is 63.1 Å². The lowest BCUT2D eigenvalue weighted by molar-refractivity contribution is -0.179. The molecule has 2 aromatic heterocycles. The van der Waals surface area contributed by atoms with E-state index in [0.29, 0.717) is 11.0 Å². The standard InChI is InChI=1S/C31H43N3O17P2/c1-17(45-27(38)30(3,4)5)49-53(43,50-18(2)46-28(39)31(6,7)8)51-52(41,42)44-16-22-24(36)25(37)26(47-22)33-14-13-23(35)34(29(33)40)15-20-19-11-9-10-12-21(19)48-32-20/h9-14,17-18,22,24-26,36-37H,15-16H2,1-8H3,(H,41,42)/t17?,18?,22-,24?,25+,26-,53?/m1/s1. The van der Waals surface area contributed by atoms with Gasteiger partial charge in [-0.25, -0.2) is 23.0 Å². The maximum absolute atomic E-state index is 13.7. The summed E-state index contributed by atoms with van der Waals surface area (Å²) in [6, 6.07) is 7.78. The van der Waals surface area contributed by atoms with Gasteiger partial charge >= 0.3 is 33.3 Å². The van der Waals surface area contributed by atoms with Crippen molar-refractivity contribution in [3.63, 3.8) is 0 Å². The molecule has 4 rings (SSSR count). The fourth-order valence-corrected chi connectivity index (χ4v) is 7.32. The summed E-state index contributed by atoms with van der Waals surface area (Å²) in [7, 11) is -10.8. The molecular weight excluding hydrogens is 748 g/mol. The number of aromatic nitrogens is 3. The Balaban J connectivity index is 1.49. The van der Waals surface area contributed by atoms with Crippen molar-refractivity contribution < 1.29 is 70.4 Å². The van der Waals surface area contributed by atoms with Gasteiger partial charge < -0.3 is 33.8 Å². The van der Waals surface area contributed by atoms with Crippen LogP contribution in [0.3, 0.4) is 0 Å². The highest BCUT2D eigenvalue weighted by atomic mass is 31.3. The maximum atomic E-state index is 13.7. The van der Waals surface area contributed by atoms with Crippen LogP contribution in [0.2, 0.25) is 0 Å². The van der Waals surface area contributed by atoms with Gasteiger partial charge in [0.1, 0.15) is 24.0 Å². The lowest BCUT2D eigenvalue weighted by Gasteiger charge is -2.28. The van der Waals surface area contributed by atoms with Gasteiger partial charge in [0.15, 0.2) is 11.8 Å². The van der Waals surface area contributed by atoms with Crippen LogP contribution in [0, 0.1) is 10.8 Å². The minimum atomic E-state index is -5.52. The molecule has 0 radical (unpaired) electrons. The molecule has 4 unspecified atom stereocenters. The number of phosphoric ester groups is 2. The quantitative estimate of drug-likeness (QED) is 0.120. The average molecular weight is 792 g/mol. The van der Waals surface area contributed by atoms with Crippen molar-refractivity contribution in [1.29, 1.82) is 0 Å². The number of carbonyl (C=O) groups is 2. The third-order valence-corrected chi connectivity index (χ3v) is 10.6. The molecule has 1 fully saturated rings. The minimum absolute atomic E-state index is 0.268. The van der Waals surface area contributed by atoms with Crippen molar-refractivity contribution in [1.82, 2.24) is 14.3 Å². The Morgan fingerprint density at radius 1 is 0.925 bits per heavy atom. The number of fused-ring (bicyclic) bond motifs is 1. The van der Waals surface area contributed by atoms with Crippen molar-refractivity contribution in [3.8, 4) is 0 Å². The number of benzene rings is 1. The van der Waals surface area contributed by atoms with E-state index in [2.05, 4.69) is 5.16 Å². The molecule has 1 aliphatic rings. The van der Waals surface area contributed by atoms with E-state index in [4.69, 9.17) is 36.6 Å². The molecule has 1 saturated heterocycles. The first-order valence-corrected chi connectivity index (χ1v) is 19.1. The van der Waals surface area contributed by atoms with E-state index in [9.17, 15) is 43.4 Å². The molecule has 3 aromatic rings. The molecule has 294 valence electrons. The Morgan fingerprint density at radius 3 is 2.06 bits per heavy atom. The summed E-state index contributed by atoms with van der Waals surface area (Å²) < 4.78 is 69.4. The number of phosphoric acid groups is 2. The third-order valence-electron chi connectivity index (χ3n) is 7.40. The summed E-state index contributed by atoms with van der Waals surface area (Å²) in [5.41, 5.74) is -3.06. The molecule has 0 spiro atoms. The fraction of sp³-hybridized carbons (Fsp3) is 0.581. The molecule has 20 nitrogen and oxygen atoms in total. The van der Waals surface area contributed by atoms with Crippen LogP contribution in [0.5, 0.6) is 0 Å². The van der Waals surface area contributed by atoms with Crippen LogP contribution < -0.4 is 11.2 Å². The topological polar surface area (TPSA) is 264 Å².